The van der Waals surface area contributed by atoms with Crippen LogP contribution in [0.2, 0.25) is 5.02 Å². The monoisotopic (exact) mass is 408 g/mol. The normalized spacial score (nSPS) is 12.9. The highest BCUT2D eigenvalue weighted by atomic mass is 35.5. The van der Waals surface area contributed by atoms with E-state index in [0.29, 0.717) is 12.1 Å². The zero-order valence-corrected chi connectivity index (χ0v) is 18.3. The Morgan fingerprint density at radius 1 is 0.786 bits per heavy atom. The number of anilines is 4. The molecule has 0 fully saturated rings. The number of halogens is 1. The lowest BCUT2D eigenvalue weighted by molar-refractivity contribution is 0.608. The van der Waals surface area contributed by atoms with Crippen LogP contribution in [0.3, 0.4) is 0 Å². The van der Waals surface area contributed by atoms with Crippen LogP contribution < -0.4 is 9.80 Å². The Hall–Kier alpha value is -2.10. The van der Waals surface area contributed by atoms with Gasteiger partial charge in [0.2, 0.25) is 0 Å². The van der Waals surface area contributed by atoms with Gasteiger partial charge in [-0.25, -0.2) is 0 Å². The molecule has 4 rings (SSSR count). The largest absolute Gasteiger partial charge is 0.367 e. The molecule has 0 aliphatic carbocycles. The van der Waals surface area contributed by atoms with E-state index in [1.54, 1.807) is 11.8 Å². The maximum atomic E-state index is 6.35. The van der Waals surface area contributed by atoms with Gasteiger partial charge in [0.25, 0.3) is 0 Å². The second-order valence-electron chi connectivity index (χ2n) is 7.63. The summed E-state index contributed by atoms with van der Waals surface area (Å²) >= 11 is 8.15. The lowest BCUT2D eigenvalue weighted by atomic mass is 10.1. The summed E-state index contributed by atoms with van der Waals surface area (Å²) in [5, 5.41) is 0.756. The fourth-order valence-electron chi connectivity index (χ4n) is 3.97. The molecule has 1 aliphatic heterocycles. The fraction of sp³-hybridized carbons (Fsp3) is 0.250. The van der Waals surface area contributed by atoms with Gasteiger partial charge in [0.1, 0.15) is 0 Å². The van der Waals surface area contributed by atoms with Crippen molar-refractivity contribution < 1.29 is 0 Å². The van der Waals surface area contributed by atoms with E-state index in [2.05, 4.69) is 98.2 Å². The molecule has 3 aromatic carbocycles. The molecule has 2 nitrogen and oxygen atoms in total. The van der Waals surface area contributed by atoms with Gasteiger partial charge in [-0.2, -0.15) is 0 Å². The summed E-state index contributed by atoms with van der Waals surface area (Å²) in [5.41, 5.74) is 4.72. The molecule has 0 atom stereocenters. The number of para-hydroxylation sites is 1. The van der Waals surface area contributed by atoms with Gasteiger partial charge in [0.05, 0.1) is 11.4 Å². The van der Waals surface area contributed by atoms with E-state index in [4.69, 9.17) is 11.6 Å². The minimum Gasteiger partial charge on any atom is -0.367 e. The molecule has 0 bridgehead atoms. The second kappa shape index (κ2) is 7.73. The predicted octanol–water partition coefficient (Wildman–Crippen LogP) is 7.90. The maximum Gasteiger partial charge on any atom is 0.0616 e. The van der Waals surface area contributed by atoms with E-state index >= 15 is 0 Å². The maximum absolute atomic E-state index is 6.35. The van der Waals surface area contributed by atoms with Gasteiger partial charge < -0.3 is 9.80 Å². The van der Waals surface area contributed by atoms with Crippen molar-refractivity contribution in [2.45, 2.75) is 49.6 Å². The molecule has 0 spiro atoms. The third-order valence-corrected chi connectivity index (χ3v) is 6.37. The zero-order chi connectivity index (χ0) is 19.8. The van der Waals surface area contributed by atoms with Crippen LogP contribution in [-0.2, 0) is 0 Å². The average Bonchev–Trinajstić information content (AvgIpc) is 2.66. The molecule has 4 heteroatoms. The van der Waals surface area contributed by atoms with Gasteiger partial charge in [-0.05, 0) is 82.3 Å². The first kappa shape index (κ1) is 19.2. The molecule has 0 saturated carbocycles. The van der Waals surface area contributed by atoms with Gasteiger partial charge in [0, 0.05) is 38.3 Å². The van der Waals surface area contributed by atoms with Crippen molar-refractivity contribution in [1.29, 1.82) is 0 Å². The Morgan fingerprint density at radius 2 is 1.43 bits per heavy atom. The number of hydrogen-bond donors (Lipinski definition) is 0. The van der Waals surface area contributed by atoms with Gasteiger partial charge >= 0.3 is 0 Å². The standard InChI is InChI=1S/C24H25ClN2S/c1-16(2)26(17(3)4)19-10-12-20(13-11-19)27-21-7-5-6-8-23(21)28-24-14-9-18(25)15-22(24)27/h5-17H,1-4H3. The van der Waals surface area contributed by atoms with Gasteiger partial charge in [-0.1, -0.05) is 35.5 Å². The number of benzene rings is 3. The highest BCUT2D eigenvalue weighted by Crippen LogP contribution is 2.51. The SMILES string of the molecule is CC(C)N(c1ccc(N2c3ccccc3Sc3ccc(Cl)cc32)cc1)C(C)C. The molecule has 144 valence electrons. The molecule has 0 unspecified atom stereocenters. The smallest absolute Gasteiger partial charge is 0.0616 e. The van der Waals surface area contributed by atoms with E-state index in [-0.39, 0.29) is 0 Å². The first-order chi connectivity index (χ1) is 13.5. The molecule has 1 heterocycles. The molecule has 28 heavy (non-hydrogen) atoms. The van der Waals surface area contributed by atoms with Gasteiger partial charge in [-0.3, -0.25) is 0 Å². The van der Waals surface area contributed by atoms with Gasteiger partial charge in [-0.15, -0.1) is 0 Å². The van der Waals surface area contributed by atoms with E-state index in [1.165, 1.54) is 21.2 Å². The van der Waals surface area contributed by atoms with Crippen LogP contribution in [0, 0.1) is 0 Å². The topological polar surface area (TPSA) is 6.48 Å². The van der Waals surface area contributed by atoms with E-state index < -0.39 is 0 Å². The lowest BCUT2D eigenvalue weighted by Crippen LogP contribution is -2.36. The molecule has 0 amide bonds. The Morgan fingerprint density at radius 3 is 2.11 bits per heavy atom. The van der Waals surface area contributed by atoms with Crippen LogP contribution in [0.1, 0.15) is 27.7 Å². The highest BCUT2D eigenvalue weighted by molar-refractivity contribution is 7.99. The molecular formula is C24H25ClN2S. The molecule has 0 N–H and O–H groups in total. The number of fused-ring (bicyclic) bond motifs is 2. The van der Waals surface area contributed by atoms with E-state index in [1.807, 2.05) is 6.07 Å². The van der Waals surface area contributed by atoms with Crippen molar-refractivity contribution in [3.05, 3.63) is 71.8 Å². The molecule has 1 aliphatic rings. The fourth-order valence-corrected chi connectivity index (χ4v) is 5.18. The summed E-state index contributed by atoms with van der Waals surface area (Å²) in [4.78, 5) is 7.23. The van der Waals surface area contributed by atoms with E-state index in [0.717, 1.165) is 16.4 Å². The second-order valence-corrected chi connectivity index (χ2v) is 9.15. The summed E-state index contributed by atoms with van der Waals surface area (Å²) in [5.74, 6) is 0. The number of rotatable bonds is 4. The van der Waals surface area contributed by atoms with Crippen molar-refractivity contribution in [1.82, 2.24) is 0 Å². The molecule has 3 aromatic rings. The Bertz CT molecular complexity index is 974. The Labute approximate surface area is 177 Å². The van der Waals surface area contributed by atoms with Crippen LogP contribution in [0.4, 0.5) is 22.7 Å². The summed E-state index contributed by atoms with van der Waals surface area (Å²) < 4.78 is 0. The summed E-state index contributed by atoms with van der Waals surface area (Å²) in [6, 6.07) is 24.5. The molecule has 0 radical (unpaired) electrons. The van der Waals surface area contributed by atoms with Crippen LogP contribution in [0.15, 0.2) is 76.5 Å². The summed E-state index contributed by atoms with van der Waals surface area (Å²) in [6.07, 6.45) is 0. The zero-order valence-electron chi connectivity index (χ0n) is 16.7. The average molecular weight is 409 g/mol. The first-order valence-corrected chi connectivity index (χ1v) is 10.9. The van der Waals surface area contributed by atoms with Crippen LogP contribution in [0.5, 0.6) is 0 Å². The van der Waals surface area contributed by atoms with Crippen LogP contribution >= 0.6 is 23.4 Å². The molecular weight excluding hydrogens is 384 g/mol. The molecule has 0 saturated heterocycles. The summed E-state index contributed by atoms with van der Waals surface area (Å²) in [6.45, 7) is 8.96. The van der Waals surface area contributed by atoms with Crippen molar-refractivity contribution in [3.63, 3.8) is 0 Å². The van der Waals surface area contributed by atoms with Crippen molar-refractivity contribution >= 4 is 46.1 Å². The minimum atomic E-state index is 0.456. The number of nitrogens with zero attached hydrogens (tertiary/aromatic N) is 2. The Balaban J connectivity index is 1.80. The Kier molecular flexibility index (Phi) is 5.31. The highest BCUT2D eigenvalue weighted by Gasteiger charge is 2.25. The predicted molar refractivity (Wildman–Crippen MR) is 123 cm³/mol. The first-order valence-electron chi connectivity index (χ1n) is 9.70. The quantitative estimate of drug-likeness (QED) is 0.338. The number of hydrogen-bond acceptors (Lipinski definition) is 3. The third kappa shape index (κ3) is 3.49. The van der Waals surface area contributed by atoms with Crippen LogP contribution in [0.25, 0.3) is 0 Å². The minimum absolute atomic E-state index is 0.456. The summed E-state index contributed by atoms with van der Waals surface area (Å²) in [7, 11) is 0. The van der Waals surface area contributed by atoms with Crippen molar-refractivity contribution in [3.8, 4) is 0 Å². The lowest BCUT2D eigenvalue weighted by Gasteiger charge is -2.35. The van der Waals surface area contributed by atoms with Gasteiger partial charge in [0.15, 0.2) is 0 Å². The van der Waals surface area contributed by atoms with E-state index in [9.17, 15) is 0 Å². The van der Waals surface area contributed by atoms with Crippen molar-refractivity contribution in [2.75, 3.05) is 9.80 Å². The third-order valence-electron chi connectivity index (χ3n) is 5.01. The van der Waals surface area contributed by atoms with Crippen LogP contribution in [-0.4, -0.2) is 12.1 Å². The molecule has 0 aromatic heterocycles. The van der Waals surface area contributed by atoms with Crippen molar-refractivity contribution in [2.24, 2.45) is 0 Å².